The van der Waals surface area contributed by atoms with Crippen LogP contribution < -0.4 is 10.2 Å². The van der Waals surface area contributed by atoms with Gasteiger partial charge in [-0.1, -0.05) is 6.92 Å². The van der Waals surface area contributed by atoms with Gasteiger partial charge in [0, 0.05) is 54.4 Å². The van der Waals surface area contributed by atoms with E-state index < -0.39 is 0 Å². The number of fused-ring (bicyclic) bond motifs is 3. The normalized spacial score (nSPS) is 21.0. The van der Waals surface area contributed by atoms with Gasteiger partial charge in [0.25, 0.3) is 5.91 Å². The Morgan fingerprint density at radius 3 is 2.53 bits per heavy atom. The van der Waals surface area contributed by atoms with Crippen molar-refractivity contribution in [3.05, 3.63) is 53.6 Å². The molecule has 166 valence electrons. The Morgan fingerprint density at radius 1 is 1.19 bits per heavy atom. The standard InChI is InChI=1S/C25H29N5O2/c1-4-21(23-20-11-15(24(31)26-2)5-10-22(20)28-25(23)32)27-16-6-8-17(9-7-16)30-13-18-12-19(14-30)29(18)3/h5-11,18-19,28,32H,4,12-14H2,1-3H3,(H,26,31). The molecule has 2 bridgehead atoms. The summed E-state index contributed by atoms with van der Waals surface area (Å²) in [5.41, 5.74) is 4.82. The Bertz CT molecular complexity index is 1190. The number of benzene rings is 2. The van der Waals surface area contributed by atoms with Crippen molar-refractivity contribution in [3.63, 3.8) is 0 Å². The Balaban J connectivity index is 1.44. The summed E-state index contributed by atoms with van der Waals surface area (Å²) in [7, 11) is 3.83. The zero-order valence-corrected chi connectivity index (χ0v) is 18.7. The predicted molar refractivity (Wildman–Crippen MR) is 128 cm³/mol. The molecule has 0 radical (unpaired) electrons. The lowest BCUT2D eigenvalue weighted by molar-refractivity contribution is 0.0264. The van der Waals surface area contributed by atoms with Crippen LogP contribution in [0.5, 0.6) is 5.88 Å². The van der Waals surface area contributed by atoms with Crippen LogP contribution in [0, 0.1) is 0 Å². The zero-order chi connectivity index (χ0) is 22.4. The first-order valence-corrected chi connectivity index (χ1v) is 11.2. The van der Waals surface area contributed by atoms with Gasteiger partial charge in [0.2, 0.25) is 0 Å². The third-order valence-electron chi connectivity index (χ3n) is 6.93. The molecule has 3 saturated heterocycles. The minimum atomic E-state index is -0.161. The van der Waals surface area contributed by atoms with Crippen molar-refractivity contribution in [2.45, 2.75) is 31.8 Å². The van der Waals surface area contributed by atoms with Crippen LogP contribution in [0.25, 0.3) is 10.9 Å². The highest BCUT2D eigenvalue weighted by atomic mass is 16.3. The molecule has 7 nitrogen and oxygen atoms in total. The Kier molecular flexibility index (Phi) is 5.13. The molecular formula is C25H29N5O2. The summed E-state index contributed by atoms with van der Waals surface area (Å²) in [4.78, 5) is 24.9. The van der Waals surface area contributed by atoms with Gasteiger partial charge >= 0.3 is 0 Å². The molecule has 3 aromatic rings. The molecule has 0 aliphatic carbocycles. The molecule has 2 atom stereocenters. The van der Waals surface area contributed by atoms with Crippen molar-refractivity contribution in [1.82, 2.24) is 15.2 Å². The minimum absolute atomic E-state index is 0.0722. The van der Waals surface area contributed by atoms with Gasteiger partial charge in [-0.3, -0.25) is 14.7 Å². The summed E-state index contributed by atoms with van der Waals surface area (Å²) in [5, 5.41) is 14.1. The molecule has 6 rings (SSSR count). The highest BCUT2D eigenvalue weighted by molar-refractivity contribution is 6.14. The first kappa shape index (κ1) is 20.6. The van der Waals surface area contributed by atoms with E-state index in [0.29, 0.717) is 29.6 Å². The van der Waals surface area contributed by atoms with Crippen LogP contribution in [-0.4, -0.2) is 65.9 Å². The minimum Gasteiger partial charge on any atom is -0.494 e. The lowest BCUT2D eigenvalue weighted by atomic mass is 9.88. The molecule has 32 heavy (non-hydrogen) atoms. The Morgan fingerprint density at radius 2 is 1.91 bits per heavy atom. The SMILES string of the molecule is CCC(=Nc1ccc(N2CC3CC(C2)N3C)cc1)c1c(O)[nH]c2ccc(C(=O)NC)cc12. The van der Waals surface area contributed by atoms with E-state index in [1.807, 2.05) is 25.1 Å². The van der Waals surface area contributed by atoms with Crippen molar-refractivity contribution in [3.8, 4) is 5.88 Å². The van der Waals surface area contributed by atoms with Crippen molar-refractivity contribution >= 4 is 33.9 Å². The van der Waals surface area contributed by atoms with Crippen LogP contribution in [0.2, 0.25) is 0 Å². The van der Waals surface area contributed by atoms with E-state index >= 15 is 0 Å². The zero-order valence-electron chi connectivity index (χ0n) is 18.7. The van der Waals surface area contributed by atoms with E-state index in [1.165, 1.54) is 12.1 Å². The molecule has 2 aromatic carbocycles. The molecule has 0 spiro atoms. The first-order valence-electron chi connectivity index (χ1n) is 11.2. The number of H-pyrrole nitrogens is 1. The van der Waals surface area contributed by atoms with Gasteiger partial charge in [0.1, 0.15) is 0 Å². The number of aliphatic imine (C=N–C) groups is 1. The summed E-state index contributed by atoms with van der Waals surface area (Å²) < 4.78 is 0. The number of hydrogen-bond donors (Lipinski definition) is 3. The highest BCUT2D eigenvalue weighted by Gasteiger charge is 2.42. The van der Waals surface area contributed by atoms with Gasteiger partial charge in [-0.2, -0.15) is 0 Å². The monoisotopic (exact) mass is 431 g/mol. The molecule has 4 heterocycles. The molecule has 3 fully saturated rings. The maximum absolute atomic E-state index is 12.1. The van der Waals surface area contributed by atoms with E-state index in [9.17, 15) is 9.90 Å². The fourth-order valence-electron chi connectivity index (χ4n) is 4.97. The van der Waals surface area contributed by atoms with Crippen molar-refractivity contribution in [2.24, 2.45) is 4.99 Å². The number of likely N-dealkylation sites (N-methyl/N-ethyl adjacent to an activating group) is 1. The van der Waals surface area contributed by atoms with Gasteiger partial charge in [0.05, 0.1) is 17.0 Å². The van der Waals surface area contributed by atoms with E-state index in [2.05, 4.69) is 39.3 Å². The third kappa shape index (κ3) is 3.42. The number of nitrogens with zero attached hydrogens (tertiary/aromatic N) is 3. The molecule has 7 heteroatoms. The number of nitrogens with one attached hydrogen (secondary N) is 2. The maximum Gasteiger partial charge on any atom is 0.251 e. The van der Waals surface area contributed by atoms with Crippen LogP contribution in [0.15, 0.2) is 47.5 Å². The number of anilines is 1. The fraction of sp³-hybridized carbons (Fsp3) is 0.360. The summed E-state index contributed by atoms with van der Waals surface area (Å²) in [5.74, 6) is -0.0893. The van der Waals surface area contributed by atoms with Crippen LogP contribution in [-0.2, 0) is 0 Å². The number of carbonyl (C=O) groups is 1. The smallest absolute Gasteiger partial charge is 0.251 e. The quantitative estimate of drug-likeness (QED) is 0.539. The second-order valence-corrected chi connectivity index (χ2v) is 8.73. The molecular weight excluding hydrogens is 402 g/mol. The number of amides is 1. The van der Waals surface area contributed by atoms with E-state index in [0.717, 1.165) is 35.4 Å². The molecule has 2 unspecified atom stereocenters. The van der Waals surface area contributed by atoms with Crippen LogP contribution in [0.1, 0.15) is 35.7 Å². The number of rotatable bonds is 5. The fourth-order valence-corrected chi connectivity index (χ4v) is 4.97. The lowest BCUT2D eigenvalue weighted by Gasteiger charge is -2.55. The molecule has 3 N–H and O–H groups in total. The summed E-state index contributed by atoms with van der Waals surface area (Å²) in [6, 6.07) is 15.0. The average Bonchev–Trinajstić information content (AvgIpc) is 3.16. The number of carbonyl (C=O) groups excluding carboxylic acids is 1. The number of aromatic nitrogens is 1. The maximum atomic E-state index is 12.1. The van der Waals surface area contributed by atoms with Gasteiger partial charge in [-0.15, -0.1) is 0 Å². The van der Waals surface area contributed by atoms with Crippen molar-refractivity contribution < 1.29 is 9.90 Å². The number of aromatic amines is 1. The molecule has 3 aliphatic rings. The van der Waals surface area contributed by atoms with Gasteiger partial charge in [0.15, 0.2) is 5.88 Å². The van der Waals surface area contributed by atoms with E-state index in [1.54, 1.807) is 19.2 Å². The van der Waals surface area contributed by atoms with Crippen LogP contribution in [0.3, 0.4) is 0 Å². The largest absolute Gasteiger partial charge is 0.494 e. The topological polar surface area (TPSA) is 84.0 Å². The van der Waals surface area contributed by atoms with Crippen molar-refractivity contribution in [2.75, 3.05) is 32.1 Å². The van der Waals surface area contributed by atoms with Crippen molar-refractivity contribution in [1.29, 1.82) is 0 Å². The average molecular weight is 432 g/mol. The highest BCUT2D eigenvalue weighted by Crippen LogP contribution is 2.34. The number of hydrogen-bond acceptors (Lipinski definition) is 5. The number of piperazine rings is 1. The number of piperidine rings is 1. The Labute approximate surface area is 187 Å². The molecule has 3 aliphatic heterocycles. The molecule has 0 saturated carbocycles. The van der Waals surface area contributed by atoms with E-state index in [4.69, 9.17) is 4.99 Å². The Hall–Kier alpha value is -3.32. The van der Waals surface area contributed by atoms with Gasteiger partial charge in [-0.25, -0.2) is 0 Å². The summed E-state index contributed by atoms with van der Waals surface area (Å²) in [6.45, 7) is 4.17. The van der Waals surface area contributed by atoms with Crippen LogP contribution >= 0.6 is 0 Å². The number of aromatic hydroxyl groups is 1. The second kappa shape index (κ2) is 7.98. The van der Waals surface area contributed by atoms with Gasteiger partial charge in [-0.05, 0) is 62.4 Å². The summed E-state index contributed by atoms with van der Waals surface area (Å²) in [6.07, 6.45) is 1.96. The third-order valence-corrected chi connectivity index (χ3v) is 6.93. The second-order valence-electron chi connectivity index (χ2n) is 8.73. The molecule has 1 amide bonds. The predicted octanol–water partition coefficient (Wildman–Crippen LogP) is 3.66. The van der Waals surface area contributed by atoms with Gasteiger partial charge < -0.3 is 20.3 Å². The lowest BCUT2D eigenvalue weighted by Crippen LogP contribution is -2.67. The van der Waals surface area contributed by atoms with Crippen LogP contribution in [0.4, 0.5) is 11.4 Å². The summed E-state index contributed by atoms with van der Waals surface area (Å²) >= 11 is 0. The first-order chi connectivity index (χ1) is 15.5. The molecule has 1 aromatic heterocycles. The van der Waals surface area contributed by atoms with E-state index in [-0.39, 0.29) is 11.8 Å².